The number of ether oxygens (including phenoxy) is 1. The van der Waals surface area contributed by atoms with Crippen LogP contribution in [0.1, 0.15) is 26.4 Å². The van der Waals surface area contributed by atoms with Gasteiger partial charge in [0, 0.05) is 16.6 Å². The van der Waals surface area contributed by atoms with Gasteiger partial charge in [-0.3, -0.25) is 4.79 Å². The number of carbonyl (C=O) groups excluding carboxylic acids is 1. The van der Waals surface area contributed by atoms with E-state index in [0.717, 1.165) is 21.4 Å². The summed E-state index contributed by atoms with van der Waals surface area (Å²) < 4.78 is 7.16. The van der Waals surface area contributed by atoms with E-state index in [9.17, 15) is 4.79 Å². The van der Waals surface area contributed by atoms with Crippen molar-refractivity contribution in [3.63, 3.8) is 0 Å². The van der Waals surface area contributed by atoms with Gasteiger partial charge in [0.05, 0.1) is 4.70 Å². The van der Waals surface area contributed by atoms with Gasteiger partial charge in [-0.05, 0) is 68.1 Å². The minimum absolute atomic E-state index is 0.212. The van der Waals surface area contributed by atoms with Crippen LogP contribution >= 0.6 is 11.3 Å². The zero-order valence-corrected chi connectivity index (χ0v) is 16.8. The molecule has 0 aliphatic rings. The Bertz CT molecular complexity index is 1150. The van der Waals surface area contributed by atoms with Crippen LogP contribution in [0.3, 0.4) is 0 Å². The largest absolute Gasteiger partial charge is 0.456 e. The fraction of sp³-hybridized carbons (Fsp3) is 0.130. The second-order valence-corrected chi connectivity index (χ2v) is 8.10. The lowest BCUT2D eigenvalue weighted by molar-refractivity contribution is 0.102. The third kappa shape index (κ3) is 3.89. The molecule has 0 bridgehead atoms. The summed E-state index contributed by atoms with van der Waals surface area (Å²) in [4.78, 5) is 18.2. The molecule has 1 N–H and O–H groups in total. The van der Waals surface area contributed by atoms with Crippen LogP contribution in [0.4, 0.5) is 5.82 Å². The van der Waals surface area contributed by atoms with Crippen molar-refractivity contribution in [3.8, 4) is 11.5 Å². The molecule has 140 valence electrons. The van der Waals surface area contributed by atoms with Crippen LogP contribution in [0.2, 0.25) is 0 Å². The molecule has 0 fully saturated rings. The van der Waals surface area contributed by atoms with E-state index in [4.69, 9.17) is 4.74 Å². The quantitative estimate of drug-likeness (QED) is 0.448. The molecule has 0 saturated heterocycles. The maximum absolute atomic E-state index is 12.8. The Morgan fingerprint density at radius 3 is 2.43 bits per heavy atom. The minimum atomic E-state index is -0.212. The van der Waals surface area contributed by atoms with E-state index in [-0.39, 0.29) is 5.91 Å². The van der Waals surface area contributed by atoms with Crippen LogP contribution in [0.25, 0.3) is 10.1 Å². The first-order valence-electron chi connectivity index (χ1n) is 9.01. The number of rotatable bonds is 4. The number of anilines is 1. The van der Waals surface area contributed by atoms with Crippen LogP contribution < -0.4 is 10.1 Å². The van der Waals surface area contributed by atoms with Crippen molar-refractivity contribution in [1.82, 2.24) is 4.98 Å². The van der Waals surface area contributed by atoms with Crippen LogP contribution in [0.5, 0.6) is 11.5 Å². The van der Waals surface area contributed by atoms with E-state index in [1.807, 2.05) is 50.2 Å². The molecule has 28 heavy (non-hydrogen) atoms. The molecule has 2 aromatic carbocycles. The van der Waals surface area contributed by atoms with Gasteiger partial charge in [0.15, 0.2) is 0 Å². The van der Waals surface area contributed by atoms with Crippen molar-refractivity contribution in [2.75, 3.05) is 5.32 Å². The number of nitrogens with one attached hydrogen (secondary N) is 1. The molecule has 0 spiro atoms. The summed E-state index contributed by atoms with van der Waals surface area (Å²) >= 11 is 1.66. The van der Waals surface area contributed by atoms with Gasteiger partial charge in [-0.1, -0.05) is 23.8 Å². The second-order valence-electron chi connectivity index (χ2n) is 6.84. The molecule has 0 aliphatic carbocycles. The van der Waals surface area contributed by atoms with E-state index >= 15 is 0 Å². The fourth-order valence-electron chi connectivity index (χ4n) is 2.92. The number of fused-ring (bicyclic) bond motifs is 1. The van der Waals surface area contributed by atoms with Crippen LogP contribution in [-0.2, 0) is 0 Å². The van der Waals surface area contributed by atoms with Crippen molar-refractivity contribution in [2.24, 2.45) is 0 Å². The summed E-state index contributed by atoms with van der Waals surface area (Å²) in [5.74, 6) is 1.74. The number of thiophene rings is 1. The van der Waals surface area contributed by atoms with Crippen molar-refractivity contribution in [1.29, 1.82) is 0 Å². The molecule has 0 aliphatic heterocycles. The van der Waals surface area contributed by atoms with Crippen molar-refractivity contribution in [2.45, 2.75) is 20.8 Å². The lowest BCUT2D eigenvalue weighted by atomic mass is 10.1. The highest BCUT2D eigenvalue weighted by Gasteiger charge is 2.14. The van der Waals surface area contributed by atoms with Gasteiger partial charge >= 0.3 is 0 Å². The Kier molecular flexibility index (Phi) is 4.84. The molecule has 2 heterocycles. The lowest BCUT2D eigenvalue weighted by Gasteiger charge is -2.10. The smallest absolute Gasteiger partial charge is 0.256 e. The van der Waals surface area contributed by atoms with Crippen LogP contribution in [-0.4, -0.2) is 10.9 Å². The molecular formula is C23H20N2O2S. The van der Waals surface area contributed by atoms with Crippen molar-refractivity contribution < 1.29 is 9.53 Å². The average Bonchev–Trinajstić information content (AvgIpc) is 3.06. The van der Waals surface area contributed by atoms with Crippen LogP contribution in [0, 0.1) is 20.8 Å². The van der Waals surface area contributed by atoms with Crippen molar-refractivity contribution in [3.05, 3.63) is 82.4 Å². The highest BCUT2D eigenvalue weighted by molar-refractivity contribution is 7.19. The first-order chi connectivity index (χ1) is 13.5. The van der Waals surface area contributed by atoms with Gasteiger partial charge in [-0.2, -0.15) is 0 Å². The number of pyridine rings is 1. The van der Waals surface area contributed by atoms with E-state index < -0.39 is 0 Å². The summed E-state index contributed by atoms with van der Waals surface area (Å²) in [7, 11) is 0. The molecule has 4 aromatic rings. The first-order valence-corrected chi connectivity index (χ1v) is 9.82. The third-order valence-electron chi connectivity index (χ3n) is 4.37. The molecule has 0 unspecified atom stereocenters. The van der Waals surface area contributed by atoms with Gasteiger partial charge in [-0.15, -0.1) is 11.3 Å². The number of carbonyl (C=O) groups is 1. The number of nitrogens with zero attached hydrogens (tertiary/aromatic N) is 1. The van der Waals surface area contributed by atoms with Crippen molar-refractivity contribution >= 4 is 33.1 Å². The van der Waals surface area contributed by atoms with E-state index in [0.29, 0.717) is 17.1 Å². The molecule has 0 radical (unpaired) electrons. The van der Waals surface area contributed by atoms with Gasteiger partial charge in [0.2, 0.25) is 0 Å². The van der Waals surface area contributed by atoms with Gasteiger partial charge < -0.3 is 10.1 Å². The fourth-order valence-corrected chi connectivity index (χ4v) is 3.86. The van der Waals surface area contributed by atoms with E-state index in [1.54, 1.807) is 29.7 Å². The normalized spacial score (nSPS) is 10.8. The Hall–Kier alpha value is -3.18. The number of amides is 1. The Morgan fingerprint density at radius 1 is 0.964 bits per heavy atom. The number of benzene rings is 2. The zero-order valence-electron chi connectivity index (χ0n) is 15.9. The zero-order chi connectivity index (χ0) is 19.7. The molecular weight excluding hydrogens is 368 g/mol. The summed E-state index contributed by atoms with van der Waals surface area (Å²) in [6, 6.07) is 17.4. The lowest BCUT2D eigenvalue weighted by Crippen LogP contribution is -2.13. The summed E-state index contributed by atoms with van der Waals surface area (Å²) in [5, 5.41) is 3.85. The predicted molar refractivity (Wildman–Crippen MR) is 115 cm³/mol. The molecule has 1 amide bonds. The molecule has 5 heteroatoms. The van der Waals surface area contributed by atoms with Crippen LogP contribution in [0.15, 0.2) is 60.8 Å². The van der Waals surface area contributed by atoms with Gasteiger partial charge in [0.1, 0.15) is 17.3 Å². The molecule has 2 aromatic heterocycles. The average molecular weight is 388 g/mol. The van der Waals surface area contributed by atoms with Gasteiger partial charge in [-0.25, -0.2) is 4.98 Å². The van der Waals surface area contributed by atoms with E-state index in [2.05, 4.69) is 23.3 Å². The number of hydrogen-bond acceptors (Lipinski definition) is 4. The standard InChI is InChI=1S/C23H20N2O2S/c1-14-4-7-19(8-5-14)27-20-12-18(11-17-10-16(3)28-22(17)20)23(26)25-21-9-6-15(2)13-24-21/h4-13H,1-3H3,(H,24,25,26). The SMILES string of the molecule is Cc1ccc(Oc2cc(C(=O)Nc3ccc(C)cn3)cc3cc(C)sc23)cc1. The third-order valence-corrected chi connectivity index (χ3v) is 5.45. The molecule has 0 saturated carbocycles. The number of aromatic nitrogens is 1. The minimum Gasteiger partial charge on any atom is -0.456 e. The first kappa shape index (κ1) is 18.2. The summed E-state index contributed by atoms with van der Waals surface area (Å²) in [5.41, 5.74) is 2.75. The molecule has 0 atom stereocenters. The molecule has 4 nitrogen and oxygen atoms in total. The monoisotopic (exact) mass is 388 g/mol. The number of hydrogen-bond donors (Lipinski definition) is 1. The molecule has 4 rings (SSSR count). The Balaban J connectivity index is 1.69. The Labute approximate surface area is 167 Å². The second kappa shape index (κ2) is 7.44. The summed E-state index contributed by atoms with van der Waals surface area (Å²) in [6.45, 7) is 6.05. The number of aryl methyl sites for hydroxylation is 3. The maximum atomic E-state index is 12.8. The topological polar surface area (TPSA) is 51.2 Å². The predicted octanol–water partition coefficient (Wildman–Crippen LogP) is 6.27. The maximum Gasteiger partial charge on any atom is 0.256 e. The summed E-state index contributed by atoms with van der Waals surface area (Å²) in [6.07, 6.45) is 1.73. The van der Waals surface area contributed by atoms with E-state index in [1.165, 1.54) is 10.4 Å². The highest BCUT2D eigenvalue weighted by atomic mass is 32.1. The highest BCUT2D eigenvalue weighted by Crippen LogP contribution is 2.37. The Morgan fingerprint density at radius 2 is 1.71 bits per heavy atom. The van der Waals surface area contributed by atoms with Gasteiger partial charge in [0.25, 0.3) is 5.91 Å².